The lowest BCUT2D eigenvalue weighted by atomic mass is 10.2. The van der Waals surface area contributed by atoms with Crippen LogP contribution < -0.4 is 5.32 Å². The van der Waals surface area contributed by atoms with E-state index in [0.717, 1.165) is 0 Å². The topological polar surface area (TPSA) is 91.6 Å². The first-order valence-corrected chi connectivity index (χ1v) is 5.78. The van der Waals surface area contributed by atoms with E-state index >= 15 is 0 Å². The zero-order chi connectivity index (χ0) is 13.7. The third-order valence-electron chi connectivity index (χ3n) is 2.59. The summed E-state index contributed by atoms with van der Waals surface area (Å²) in [7, 11) is 0. The van der Waals surface area contributed by atoms with Crippen molar-refractivity contribution in [1.82, 2.24) is 9.88 Å². The van der Waals surface area contributed by atoms with Crippen LogP contribution in [0.4, 0.5) is 0 Å². The molecule has 1 amide bonds. The highest BCUT2D eigenvalue weighted by molar-refractivity contribution is 5.95. The highest BCUT2D eigenvalue weighted by Gasteiger charge is 2.21. The van der Waals surface area contributed by atoms with E-state index in [1.807, 2.05) is 13.8 Å². The van der Waals surface area contributed by atoms with Gasteiger partial charge in [-0.15, -0.1) is 0 Å². The number of aliphatic hydroxyl groups excluding tert-OH is 1. The number of aliphatic hydroxyl groups is 1. The summed E-state index contributed by atoms with van der Waals surface area (Å²) in [6.07, 6.45) is 1.75. The molecule has 1 rings (SSSR count). The van der Waals surface area contributed by atoms with Crippen LogP contribution in [0.15, 0.2) is 18.3 Å². The lowest BCUT2D eigenvalue weighted by molar-refractivity contribution is -0.139. The quantitative estimate of drug-likeness (QED) is 0.694. The van der Waals surface area contributed by atoms with Crippen molar-refractivity contribution >= 4 is 11.9 Å². The molecular formula is C12H18N2O4. The third kappa shape index (κ3) is 3.33. The maximum absolute atomic E-state index is 11.9. The van der Waals surface area contributed by atoms with Crippen LogP contribution in [0, 0.1) is 0 Å². The fourth-order valence-electron chi connectivity index (χ4n) is 1.66. The fraction of sp³-hybridized carbons (Fsp3) is 0.500. The molecule has 0 aliphatic carbocycles. The van der Waals surface area contributed by atoms with Crippen LogP contribution in [-0.2, 0) is 4.79 Å². The molecule has 3 N–H and O–H groups in total. The minimum absolute atomic E-state index is 0.0105. The number of carbonyl (C=O) groups excluding carboxylic acids is 1. The highest BCUT2D eigenvalue weighted by Crippen LogP contribution is 2.11. The molecule has 0 radical (unpaired) electrons. The van der Waals surface area contributed by atoms with E-state index in [1.54, 1.807) is 22.9 Å². The molecule has 1 aromatic rings. The number of nitrogens with zero attached hydrogens (tertiary/aromatic N) is 1. The van der Waals surface area contributed by atoms with Crippen molar-refractivity contribution in [2.24, 2.45) is 0 Å². The van der Waals surface area contributed by atoms with Gasteiger partial charge in [-0.2, -0.15) is 0 Å². The van der Waals surface area contributed by atoms with Crippen molar-refractivity contribution in [1.29, 1.82) is 0 Å². The average molecular weight is 254 g/mol. The van der Waals surface area contributed by atoms with Gasteiger partial charge in [0, 0.05) is 25.3 Å². The number of rotatable bonds is 6. The fourth-order valence-corrected chi connectivity index (χ4v) is 1.66. The number of carbonyl (C=O) groups is 2. The first-order valence-electron chi connectivity index (χ1n) is 5.78. The van der Waals surface area contributed by atoms with Crippen LogP contribution in [0.25, 0.3) is 0 Å². The van der Waals surface area contributed by atoms with E-state index in [4.69, 9.17) is 10.2 Å². The van der Waals surface area contributed by atoms with E-state index in [1.165, 1.54) is 0 Å². The van der Waals surface area contributed by atoms with Gasteiger partial charge in [-0.05, 0) is 26.0 Å². The van der Waals surface area contributed by atoms with Gasteiger partial charge >= 0.3 is 5.97 Å². The maximum atomic E-state index is 11.9. The van der Waals surface area contributed by atoms with E-state index in [0.29, 0.717) is 5.69 Å². The molecule has 0 saturated heterocycles. The van der Waals surface area contributed by atoms with Crippen LogP contribution in [0.2, 0.25) is 0 Å². The van der Waals surface area contributed by atoms with Gasteiger partial charge in [0.2, 0.25) is 0 Å². The van der Waals surface area contributed by atoms with E-state index in [2.05, 4.69) is 5.32 Å². The molecule has 0 saturated carbocycles. The van der Waals surface area contributed by atoms with Crippen molar-refractivity contribution in [3.8, 4) is 0 Å². The van der Waals surface area contributed by atoms with Gasteiger partial charge in [0.1, 0.15) is 11.7 Å². The van der Waals surface area contributed by atoms with Crippen molar-refractivity contribution in [2.45, 2.75) is 32.4 Å². The van der Waals surface area contributed by atoms with Gasteiger partial charge in [-0.1, -0.05) is 0 Å². The normalized spacial score (nSPS) is 12.4. The molecule has 1 atom stereocenters. The first-order chi connectivity index (χ1) is 8.47. The number of hydrogen-bond acceptors (Lipinski definition) is 3. The molecule has 0 unspecified atom stereocenters. The molecule has 0 aliphatic heterocycles. The molecule has 0 aromatic carbocycles. The predicted octanol–water partition coefficient (Wildman–Crippen LogP) is 0.634. The van der Waals surface area contributed by atoms with Crippen molar-refractivity contribution in [3.05, 3.63) is 24.0 Å². The summed E-state index contributed by atoms with van der Waals surface area (Å²) in [5, 5.41) is 20.0. The lowest BCUT2D eigenvalue weighted by Crippen LogP contribution is -2.42. The smallest absolute Gasteiger partial charge is 0.326 e. The van der Waals surface area contributed by atoms with Crippen LogP contribution in [0.3, 0.4) is 0 Å². The Bertz CT molecular complexity index is 425. The molecule has 6 nitrogen and oxygen atoms in total. The molecule has 0 fully saturated rings. The Labute approximate surface area is 105 Å². The average Bonchev–Trinajstić information content (AvgIpc) is 2.77. The number of nitrogens with one attached hydrogen (secondary N) is 1. The van der Waals surface area contributed by atoms with Gasteiger partial charge in [-0.25, -0.2) is 4.79 Å². The molecule has 1 aromatic heterocycles. The number of hydrogen-bond donors (Lipinski definition) is 3. The summed E-state index contributed by atoms with van der Waals surface area (Å²) in [4.78, 5) is 22.8. The molecule has 100 valence electrons. The number of carboxylic acid groups (broad SMARTS) is 1. The molecular weight excluding hydrogens is 236 g/mol. The summed E-state index contributed by atoms with van der Waals surface area (Å²) in [5.41, 5.74) is 0.411. The number of amides is 1. The summed E-state index contributed by atoms with van der Waals surface area (Å²) in [5.74, 6) is -1.60. The standard InChI is InChI=1S/C12H18N2O4/c1-8(2)14-6-3-4-10(14)11(16)13-9(5-7-15)12(17)18/h3-4,6,8-9,15H,5,7H2,1-2H3,(H,13,16)(H,17,18)/t9-/m1/s1. The lowest BCUT2D eigenvalue weighted by Gasteiger charge is -2.16. The monoisotopic (exact) mass is 254 g/mol. The Morgan fingerprint density at radius 3 is 2.61 bits per heavy atom. The molecule has 0 bridgehead atoms. The second-order valence-corrected chi connectivity index (χ2v) is 4.27. The predicted molar refractivity (Wildman–Crippen MR) is 65.4 cm³/mol. The molecule has 0 spiro atoms. The molecule has 18 heavy (non-hydrogen) atoms. The van der Waals surface area contributed by atoms with Gasteiger partial charge in [-0.3, -0.25) is 4.79 Å². The summed E-state index contributed by atoms with van der Waals surface area (Å²) in [6.45, 7) is 3.57. The van der Waals surface area contributed by atoms with Crippen molar-refractivity contribution < 1.29 is 19.8 Å². The van der Waals surface area contributed by atoms with Gasteiger partial charge in [0.05, 0.1) is 0 Å². The molecule has 0 aliphatic rings. The summed E-state index contributed by atoms with van der Waals surface area (Å²) >= 11 is 0. The summed E-state index contributed by atoms with van der Waals surface area (Å²) in [6, 6.07) is 2.41. The van der Waals surface area contributed by atoms with E-state index < -0.39 is 17.9 Å². The Morgan fingerprint density at radius 2 is 2.11 bits per heavy atom. The minimum atomic E-state index is -1.15. The van der Waals surface area contributed by atoms with Crippen molar-refractivity contribution in [2.75, 3.05) is 6.61 Å². The third-order valence-corrected chi connectivity index (χ3v) is 2.59. The maximum Gasteiger partial charge on any atom is 0.326 e. The van der Waals surface area contributed by atoms with Crippen molar-refractivity contribution in [3.63, 3.8) is 0 Å². The highest BCUT2D eigenvalue weighted by atomic mass is 16.4. The Hall–Kier alpha value is -1.82. The molecule has 6 heteroatoms. The largest absolute Gasteiger partial charge is 0.480 e. The number of carboxylic acids is 1. The van der Waals surface area contributed by atoms with E-state index in [9.17, 15) is 9.59 Å². The Kier molecular flexibility index (Phi) is 4.91. The van der Waals surface area contributed by atoms with Gasteiger partial charge in [0.15, 0.2) is 0 Å². The SMILES string of the molecule is CC(C)n1cccc1C(=O)N[C@H](CCO)C(=O)O. The second-order valence-electron chi connectivity index (χ2n) is 4.27. The number of aliphatic carboxylic acids is 1. The van der Waals surface area contributed by atoms with E-state index in [-0.39, 0.29) is 19.1 Å². The van der Waals surface area contributed by atoms with Crippen LogP contribution in [0.5, 0.6) is 0 Å². The zero-order valence-corrected chi connectivity index (χ0v) is 10.5. The van der Waals surface area contributed by atoms with Crippen LogP contribution in [-0.4, -0.2) is 39.3 Å². The Balaban J connectivity index is 2.80. The first kappa shape index (κ1) is 14.2. The Morgan fingerprint density at radius 1 is 1.44 bits per heavy atom. The second kappa shape index (κ2) is 6.20. The molecule has 1 heterocycles. The van der Waals surface area contributed by atoms with Gasteiger partial charge in [0.25, 0.3) is 5.91 Å². The van der Waals surface area contributed by atoms with Crippen LogP contribution >= 0.6 is 0 Å². The summed E-state index contributed by atoms with van der Waals surface area (Å²) < 4.78 is 1.76. The van der Waals surface area contributed by atoms with Gasteiger partial charge < -0.3 is 20.1 Å². The zero-order valence-electron chi connectivity index (χ0n) is 10.5. The van der Waals surface area contributed by atoms with Crippen LogP contribution in [0.1, 0.15) is 36.8 Å². The number of aromatic nitrogens is 1. The minimum Gasteiger partial charge on any atom is -0.480 e.